The van der Waals surface area contributed by atoms with E-state index in [1.54, 1.807) is 36.1 Å². The number of hydrogen-bond donors (Lipinski definition) is 0. The highest BCUT2D eigenvalue weighted by atomic mass is 32.2. The third-order valence-electron chi connectivity index (χ3n) is 5.72. The average molecular weight is 492 g/mol. The molecule has 0 radical (unpaired) electrons. The van der Waals surface area contributed by atoms with Crippen LogP contribution in [0.5, 0.6) is 5.75 Å². The van der Waals surface area contributed by atoms with E-state index in [0.29, 0.717) is 23.2 Å². The molecule has 0 fully saturated rings. The lowest BCUT2D eigenvalue weighted by molar-refractivity contribution is -0.130. The maximum absolute atomic E-state index is 13.3. The number of benzene rings is 2. The van der Waals surface area contributed by atoms with Gasteiger partial charge in [-0.1, -0.05) is 11.8 Å². The summed E-state index contributed by atoms with van der Waals surface area (Å²) in [5.41, 5.74) is 2.46. The molecule has 0 bridgehead atoms. The van der Waals surface area contributed by atoms with Crippen molar-refractivity contribution in [3.8, 4) is 17.1 Å². The average Bonchev–Trinajstić information content (AvgIpc) is 3.63. The van der Waals surface area contributed by atoms with Crippen LogP contribution in [-0.4, -0.2) is 44.3 Å². The molecule has 10 heteroatoms. The van der Waals surface area contributed by atoms with Gasteiger partial charge in [-0.3, -0.25) is 4.79 Å². The van der Waals surface area contributed by atoms with E-state index in [0.717, 1.165) is 22.6 Å². The van der Waals surface area contributed by atoms with E-state index in [2.05, 4.69) is 15.3 Å². The minimum Gasteiger partial charge on any atom is -0.497 e. The molecule has 1 amide bonds. The van der Waals surface area contributed by atoms with Gasteiger partial charge in [-0.25, -0.2) is 9.40 Å². The number of rotatable bonds is 7. The summed E-state index contributed by atoms with van der Waals surface area (Å²) < 4.78 is 25.9. The van der Waals surface area contributed by atoms with E-state index in [1.807, 2.05) is 37.4 Å². The predicted molar refractivity (Wildman–Crippen MR) is 130 cm³/mol. The Kier molecular flexibility index (Phi) is 6.37. The summed E-state index contributed by atoms with van der Waals surface area (Å²) in [5.74, 6) is 1.64. The Morgan fingerprint density at radius 1 is 1.11 bits per heavy atom. The van der Waals surface area contributed by atoms with Crippen LogP contribution in [0.3, 0.4) is 0 Å². The summed E-state index contributed by atoms with van der Waals surface area (Å²) >= 11 is 1.27. The minimum absolute atomic E-state index is 0.117. The molecule has 1 aliphatic heterocycles. The number of hydrogen-bond acceptors (Lipinski definition) is 7. The monoisotopic (exact) mass is 491 g/mol. The molecule has 4 aromatic rings. The van der Waals surface area contributed by atoms with Crippen molar-refractivity contribution in [2.75, 3.05) is 12.9 Å². The van der Waals surface area contributed by atoms with Gasteiger partial charge in [-0.2, -0.15) is 5.10 Å². The van der Waals surface area contributed by atoms with Crippen molar-refractivity contribution in [1.82, 2.24) is 19.8 Å². The molecule has 8 nitrogen and oxygen atoms in total. The van der Waals surface area contributed by atoms with Crippen LogP contribution < -0.4 is 4.74 Å². The molecular weight excluding hydrogens is 469 g/mol. The zero-order valence-corrected chi connectivity index (χ0v) is 19.9. The van der Waals surface area contributed by atoms with Gasteiger partial charge in [0.15, 0.2) is 11.0 Å². The van der Waals surface area contributed by atoms with Gasteiger partial charge >= 0.3 is 0 Å². The minimum atomic E-state index is -0.329. The van der Waals surface area contributed by atoms with Crippen molar-refractivity contribution in [3.63, 3.8) is 0 Å². The van der Waals surface area contributed by atoms with E-state index in [4.69, 9.17) is 9.15 Å². The molecular formula is C25H22FN5O3S. The first-order valence-corrected chi connectivity index (χ1v) is 11.9. The number of furan rings is 1. The molecule has 2 aromatic carbocycles. The Morgan fingerprint density at radius 2 is 1.86 bits per heavy atom. The number of carbonyl (C=O) groups is 1. The molecule has 1 atom stereocenters. The lowest BCUT2D eigenvalue weighted by atomic mass is 10.0. The third kappa shape index (κ3) is 4.69. The smallest absolute Gasteiger partial charge is 0.253 e. The Balaban J connectivity index is 1.34. The molecule has 0 N–H and O–H groups in total. The van der Waals surface area contributed by atoms with Crippen molar-refractivity contribution < 1.29 is 18.3 Å². The van der Waals surface area contributed by atoms with E-state index in [1.165, 1.54) is 28.9 Å². The topological polar surface area (TPSA) is 85.8 Å². The lowest BCUT2D eigenvalue weighted by Crippen LogP contribution is -2.28. The fourth-order valence-electron chi connectivity index (χ4n) is 3.88. The first-order valence-electron chi connectivity index (χ1n) is 10.9. The number of ether oxygens (including phenoxy) is 1. The van der Waals surface area contributed by atoms with Crippen LogP contribution in [0, 0.1) is 5.82 Å². The molecule has 0 spiro atoms. The second kappa shape index (κ2) is 9.75. The number of hydrazone groups is 1. The number of halogens is 1. The van der Waals surface area contributed by atoms with Crippen molar-refractivity contribution in [1.29, 1.82) is 0 Å². The van der Waals surface area contributed by atoms with Gasteiger partial charge in [0.05, 0.1) is 24.8 Å². The standard InChI is InChI=1S/C25H22FN5O3S/c1-30-24(17-5-9-18(26)10-6-17)27-28-25(30)35-15-23(32)31-21(22-4-3-13-34-22)14-20(29-31)16-7-11-19(33-2)12-8-16/h3-13,21H,14-15H2,1-2H3/t21-/m0/s1. The maximum Gasteiger partial charge on any atom is 0.253 e. The van der Waals surface area contributed by atoms with Gasteiger partial charge in [0.1, 0.15) is 23.4 Å². The van der Waals surface area contributed by atoms with Crippen LogP contribution in [0.2, 0.25) is 0 Å². The van der Waals surface area contributed by atoms with Crippen molar-refractivity contribution in [3.05, 3.63) is 84.1 Å². The first-order chi connectivity index (χ1) is 17.0. The van der Waals surface area contributed by atoms with Gasteiger partial charge in [0, 0.05) is 19.0 Å². The van der Waals surface area contributed by atoms with Crippen LogP contribution >= 0.6 is 11.8 Å². The summed E-state index contributed by atoms with van der Waals surface area (Å²) in [7, 11) is 3.43. The molecule has 0 saturated carbocycles. The van der Waals surface area contributed by atoms with E-state index in [9.17, 15) is 9.18 Å². The molecule has 1 aliphatic rings. The van der Waals surface area contributed by atoms with E-state index in [-0.39, 0.29) is 23.5 Å². The van der Waals surface area contributed by atoms with Crippen LogP contribution in [0.25, 0.3) is 11.4 Å². The molecule has 5 rings (SSSR count). The number of aromatic nitrogens is 3. The normalized spacial score (nSPS) is 15.3. The van der Waals surface area contributed by atoms with E-state index < -0.39 is 0 Å². The molecule has 35 heavy (non-hydrogen) atoms. The zero-order valence-electron chi connectivity index (χ0n) is 19.1. The van der Waals surface area contributed by atoms with Crippen molar-refractivity contribution in [2.45, 2.75) is 17.6 Å². The van der Waals surface area contributed by atoms with Crippen molar-refractivity contribution >= 4 is 23.4 Å². The Morgan fingerprint density at radius 3 is 2.54 bits per heavy atom. The number of amides is 1. The maximum atomic E-state index is 13.3. The molecule has 0 aliphatic carbocycles. The summed E-state index contributed by atoms with van der Waals surface area (Å²) in [4.78, 5) is 13.3. The second-order valence-corrected chi connectivity index (χ2v) is 8.85. The fourth-order valence-corrected chi connectivity index (χ4v) is 4.65. The SMILES string of the molecule is COc1ccc(C2=NN(C(=O)CSc3nnc(-c4ccc(F)cc4)n3C)[C@H](c3ccco3)C2)cc1. The van der Waals surface area contributed by atoms with Gasteiger partial charge in [0.2, 0.25) is 0 Å². The molecule has 0 saturated heterocycles. The zero-order chi connectivity index (χ0) is 24.4. The fraction of sp³-hybridized carbons (Fsp3) is 0.200. The second-order valence-electron chi connectivity index (χ2n) is 7.91. The number of nitrogens with zero attached hydrogens (tertiary/aromatic N) is 5. The van der Waals surface area contributed by atoms with Gasteiger partial charge in [-0.15, -0.1) is 10.2 Å². The highest BCUT2D eigenvalue weighted by Crippen LogP contribution is 2.34. The van der Waals surface area contributed by atoms with Gasteiger partial charge in [-0.05, 0) is 66.2 Å². The Bertz CT molecular complexity index is 1350. The van der Waals surface area contributed by atoms with E-state index >= 15 is 0 Å². The summed E-state index contributed by atoms with van der Waals surface area (Å²) in [6.45, 7) is 0. The van der Waals surface area contributed by atoms with Crippen LogP contribution in [0.4, 0.5) is 4.39 Å². The molecule has 2 aromatic heterocycles. The number of thioether (sulfide) groups is 1. The number of carbonyl (C=O) groups excluding carboxylic acids is 1. The predicted octanol–water partition coefficient (Wildman–Crippen LogP) is 4.69. The summed E-state index contributed by atoms with van der Waals surface area (Å²) in [5, 5.41) is 15.1. The highest BCUT2D eigenvalue weighted by molar-refractivity contribution is 7.99. The van der Waals surface area contributed by atoms with Gasteiger partial charge < -0.3 is 13.7 Å². The molecule has 178 valence electrons. The van der Waals surface area contributed by atoms with Crippen LogP contribution in [0.15, 0.2) is 81.6 Å². The number of methoxy groups -OCH3 is 1. The molecule has 0 unspecified atom stereocenters. The summed E-state index contributed by atoms with van der Waals surface area (Å²) in [6, 6.07) is 17.0. The Hall–Kier alpha value is -3.92. The molecule has 3 heterocycles. The highest BCUT2D eigenvalue weighted by Gasteiger charge is 2.35. The van der Waals surface area contributed by atoms with Crippen LogP contribution in [0.1, 0.15) is 23.8 Å². The van der Waals surface area contributed by atoms with Crippen LogP contribution in [-0.2, 0) is 11.8 Å². The third-order valence-corrected chi connectivity index (χ3v) is 6.73. The largest absolute Gasteiger partial charge is 0.497 e. The summed E-state index contributed by atoms with van der Waals surface area (Å²) in [6.07, 6.45) is 2.13. The lowest BCUT2D eigenvalue weighted by Gasteiger charge is -2.19. The first kappa shape index (κ1) is 22.9. The quantitative estimate of drug-likeness (QED) is 0.349. The van der Waals surface area contributed by atoms with Gasteiger partial charge in [0.25, 0.3) is 5.91 Å². The Labute approximate surface area is 205 Å². The van der Waals surface area contributed by atoms with Crippen molar-refractivity contribution in [2.24, 2.45) is 12.1 Å².